The SMILES string of the molecule is C/C=C(/OC)C(=NC)/C(=C/C)C1=C2CCCCC2CC=C1. The van der Waals surface area contributed by atoms with E-state index in [0.29, 0.717) is 0 Å². The van der Waals surface area contributed by atoms with Gasteiger partial charge in [-0.1, -0.05) is 30.2 Å². The van der Waals surface area contributed by atoms with Crippen LogP contribution < -0.4 is 0 Å². The quantitative estimate of drug-likeness (QED) is 0.526. The van der Waals surface area contributed by atoms with E-state index < -0.39 is 0 Å². The molecule has 114 valence electrons. The molecule has 0 heterocycles. The molecule has 2 aliphatic rings. The molecule has 0 radical (unpaired) electrons. The predicted molar refractivity (Wildman–Crippen MR) is 90.6 cm³/mol. The summed E-state index contributed by atoms with van der Waals surface area (Å²) in [6.07, 6.45) is 15.2. The number of fused-ring (bicyclic) bond motifs is 1. The minimum atomic E-state index is 0.739. The van der Waals surface area contributed by atoms with Crippen molar-refractivity contribution in [2.75, 3.05) is 14.2 Å². The van der Waals surface area contributed by atoms with Crippen molar-refractivity contribution in [1.29, 1.82) is 0 Å². The van der Waals surface area contributed by atoms with Gasteiger partial charge in [0.25, 0.3) is 0 Å². The second-order valence-electron chi connectivity index (χ2n) is 5.65. The molecule has 0 spiro atoms. The van der Waals surface area contributed by atoms with Gasteiger partial charge in [0.2, 0.25) is 0 Å². The Kier molecular flexibility index (Phi) is 5.60. The van der Waals surface area contributed by atoms with Gasteiger partial charge in [-0.3, -0.25) is 4.99 Å². The number of methoxy groups -OCH3 is 1. The number of aliphatic imine (C=N–C) groups is 1. The average Bonchev–Trinajstić information content (AvgIpc) is 2.55. The van der Waals surface area contributed by atoms with Crippen LogP contribution in [0.3, 0.4) is 0 Å². The lowest BCUT2D eigenvalue weighted by Gasteiger charge is -2.31. The third kappa shape index (κ3) is 3.20. The van der Waals surface area contributed by atoms with Gasteiger partial charge in [0, 0.05) is 12.6 Å². The summed E-state index contributed by atoms with van der Waals surface area (Å²) in [5.74, 6) is 1.59. The summed E-state index contributed by atoms with van der Waals surface area (Å²) >= 11 is 0. The van der Waals surface area contributed by atoms with Gasteiger partial charge in [-0.2, -0.15) is 0 Å². The fraction of sp³-hybridized carbons (Fsp3) is 0.526. The van der Waals surface area contributed by atoms with E-state index in [0.717, 1.165) is 17.4 Å². The van der Waals surface area contributed by atoms with E-state index in [-0.39, 0.29) is 0 Å². The van der Waals surface area contributed by atoms with E-state index >= 15 is 0 Å². The lowest BCUT2D eigenvalue weighted by molar-refractivity contribution is 0.314. The maximum atomic E-state index is 5.50. The number of ether oxygens (including phenoxy) is 1. The highest BCUT2D eigenvalue weighted by Gasteiger charge is 2.26. The fourth-order valence-corrected chi connectivity index (χ4v) is 3.55. The topological polar surface area (TPSA) is 21.6 Å². The number of rotatable bonds is 4. The molecular weight excluding hydrogens is 258 g/mol. The third-order valence-electron chi connectivity index (χ3n) is 4.57. The zero-order chi connectivity index (χ0) is 15.2. The molecule has 2 rings (SSSR count). The Morgan fingerprint density at radius 1 is 1.29 bits per heavy atom. The van der Waals surface area contributed by atoms with Crippen molar-refractivity contribution in [1.82, 2.24) is 0 Å². The molecule has 2 heteroatoms. The lowest BCUT2D eigenvalue weighted by atomic mass is 9.75. The number of nitrogens with zero attached hydrogens (tertiary/aromatic N) is 1. The highest BCUT2D eigenvalue weighted by molar-refractivity contribution is 6.14. The molecule has 1 unspecified atom stereocenters. The molecule has 1 atom stereocenters. The molecule has 0 aromatic carbocycles. The molecule has 0 saturated heterocycles. The minimum Gasteiger partial charge on any atom is -0.495 e. The molecule has 0 aromatic rings. The van der Waals surface area contributed by atoms with E-state index in [1.165, 1.54) is 43.3 Å². The van der Waals surface area contributed by atoms with Crippen molar-refractivity contribution in [2.45, 2.75) is 46.0 Å². The summed E-state index contributed by atoms with van der Waals surface area (Å²) in [6.45, 7) is 4.09. The Morgan fingerprint density at radius 2 is 2.10 bits per heavy atom. The van der Waals surface area contributed by atoms with E-state index in [1.54, 1.807) is 12.7 Å². The summed E-state index contributed by atoms with van der Waals surface area (Å²) in [5, 5.41) is 0. The van der Waals surface area contributed by atoms with Crippen LogP contribution in [-0.4, -0.2) is 19.9 Å². The molecule has 2 nitrogen and oxygen atoms in total. The first kappa shape index (κ1) is 15.8. The monoisotopic (exact) mass is 285 g/mol. The van der Waals surface area contributed by atoms with Crippen LogP contribution in [0.1, 0.15) is 46.0 Å². The van der Waals surface area contributed by atoms with Crippen LogP contribution in [0.25, 0.3) is 0 Å². The van der Waals surface area contributed by atoms with Gasteiger partial charge in [0.15, 0.2) is 0 Å². The van der Waals surface area contributed by atoms with E-state index in [1.807, 2.05) is 20.0 Å². The number of hydrogen-bond donors (Lipinski definition) is 0. The van der Waals surface area contributed by atoms with Gasteiger partial charge in [0.1, 0.15) is 11.5 Å². The van der Waals surface area contributed by atoms with Gasteiger partial charge >= 0.3 is 0 Å². The number of hydrogen-bond acceptors (Lipinski definition) is 2. The van der Waals surface area contributed by atoms with Gasteiger partial charge in [-0.25, -0.2) is 0 Å². The molecule has 1 fully saturated rings. The van der Waals surface area contributed by atoms with Crippen LogP contribution in [0, 0.1) is 5.92 Å². The molecule has 0 aromatic heterocycles. The summed E-state index contributed by atoms with van der Waals surface area (Å²) in [6, 6.07) is 0. The van der Waals surface area contributed by atoms with Crippen LogP contribution in [0.2, 0.25) is 0 Å². The zero-order valence-electron chi connectivity index (χ0n) is 13.8. The van der Waals surface area contributed by atoms with Gasteiger partial charge < -0.3 is 4.74 Å². The van der Waals surface area contributed by atoms with Crippen molar-refractivity contribution < 1.29 is 4.74 Å². The second-order valence-corrected chi connectivity index (χ2v) is 5.65. The molecule has 2 aliphatic carbocycles. The van der Waals surface area contributed by atoms with Crippen LogP contribution in [0.15, 0.2) is 51.8 Å². The highest BCUT2D eigenvalue weighted by atomic mass is 16.5. The highest BCUT2D eigenvalue weighted by Crippen LogP contribution is 2.40. The first-order valence-electron chi connectivity index (χ1n) is 8.00. The fourth-order valence-electron chi connectivity index (χ4n) is 3.55. The van der Waals surface area contributed by atoms with Crippen LogP contribution in [0.4, 0.5) is 0 Å². The maximum Gasteiger partial charge on any atom is 0.140 e. The predicted octanol–water partition coefficient (Wildman–Crippen LogP) is 5.00. The smallest absolute Gasteiger partial charge is 0.140 e. The van der Waals surface area contributed by atoms with E-state index in [4.69, 9.17) is 4.74 Å². The Bertz CT molecular complexity index is 532. The van der Waals surface area contributed by atoms with Gasteiger partial charge in [-0.15, -0.1) is 0 Å². The molecule has 0 aliphatic heterocycles. The zero-order valence-corrected chi connectivity index (χ0v) is 13.8. The van der Waals surface area contributed by atoms with E-state index in [9.17, 15) is 0 Å². The maximum absolute atomic E-state index is 5.50. The van der Waals surface area contributed by atoms with Crippen LogP contribution in [-0.2, 0) is 4.74 Å². The normalized spacial score (nSPS) is 24.2. The molecule has 21 heavy (non-hydrogen) atoms. The Morgan fingerprint density at radius 3 is 2.71 bits per heavy atom. The summed E-state index contributed by atoms with van der Waals surface area (Å²) in [7, 11) is 3.56. The van der Waals surface area contributed by atoms with E-state index in [2.05, 4.69) is 30.1 Å². The minimum absolute atomic E-state index is 0.739. The second kappa shape index (κ2) is 7.44. The standard InChI is InChI=1S/C19H27NO/c1-5-15(19(20-3)18(6-2)21-4)17-13-9-11-14-10-7-8-12-16(14)17/h5-6,9,13-14H,7-8,10-12H2,1-4H3/b15-5+,18-6+,20-19?. The molecule has 0 N–H and O–H groups in total. The van der Waals surface area contributed by atoms with Gasteiger partial charge in [-0.05, 0) is 57.1 Å². The average molecular weight is 285 g/mol. The Hall–Kier alpha value is -1.57. The largest absolute Gasteiger partial charge is 0.495 e. The van der Waals surface area contributed by atoms with Crippen molar-refractivity contribution in [3.63, 3.8) is 0 Å². The van der Waals surface area contributed by atoms with Crippen molar-refractivity contribution in [3.8, 4) is 0 Å². The summed E-state index contributed by atoms with van der Waals surface area (Å²) < 4.78 is 5.50. The molecule has 0 amide bonds. The molecule has 1 saturated carbocycles. The Labute approximate surface area is 129 Å². The third-order valence-corrected chi connectivity index (χ3v) is 4.57. The van der Waals surface area contributed by atoms with Crippen molar-refractivity contribution >= 4 is 5.71 Å². The van der Waals surface area contributed by atoms with Gasteiger partial charge in [0.05, 0.1) is 7.11 Å². The summed E-state index contributed by atoms with van der Waals surface area (Å²) in [5.41, 5.74) is 5.18. The number of allylic oxidation sites excluding steroid dienone is 7. The van der Waals surface area contributed by atoms with Crippen LogP contribution >= 0.6 is 0 Å². The van der Waals surface area contributed by atoms with Crippen LogP contribution in [0.5, 0.6) is 0 Å². The lowest BCUT2D eigenvalue weighted by Crippen LogP contribution is -2.18. The molecular formula is C19H27NO. The Balaban J connectivity index is 2.45. The molecule has 0 bridgehead atoms. The van der Waals surface area contributed by atoms with Crippen molar-refractivity contribution in [3.05, 3.63) is 46.8 Å². The summed E-state index contributed by atoms with van der Waals surface area (Å²) in [4.78, 5) is 4.50. The first-order chi connectivity index (χ1) is 10.3. The van der Waals surface area contributed by atoms with Crippen molar-refractivity contribution in [2.24, 2.45) is 10.9 Å². The first-order valence-corrected chi connectivity index (χ1v) is 8.00.